The Morgan fingerprint density at radius 3 is 2.88 bits per heavy atom. The molecule has 6 nitrogen and oxygen atoms in total. The van der Waals surface area contributed by atoms with Crippen LogP contribution in [0.4, 0.5) is 5.69 Å². The van der Waals surface area contributed by atoms with E-state index in [4.69, 9.17) is 0 Å². The molecular formula is C17H26ClN3O3. The summed E-state index contributed by atoms with van der Waals surface area (Å²) in [6, 6.07) is 6.67. The summed E-state index contributed by atoms with van der Waals surface area (Å²) in [5.74, 6) is 0.945. The Kier molecular flexibility index (Phi) is 8.71. The van der Waals surface area contributed by atoms with Gasteiger partial charge in [-0.25, -0.2) is 0 Å². The van der Waals surface area contributed by atoms with E-state index in [1.807, 2.05) is 0 Å². The van der Waals surface area contributed by atoms with Crippen LogP contribution in [0.5, 0.6) is 0 Å². The first-order valence-corrected chi connectivity index (χ1v) is 8.27. The smallest absolute Gasteiger partial charge is 0.272 e. The fourth-order valence-electron chi connectivity index (χ4n) is 3.13. The summed E-state index contributed by atoms with van der Waals surface area (Å²) in [7, 11) is 0. The SMILES string of the molecule is CC(CC(=O)NCCc1ccccc1[N+](=O)[O-])C1CCCNC1.Cl. The van der Waals surface area contributed by atoms with Gasteiger partial charge < -0.3 is 10.6 Å². The standard InChI is InChI=1S/C17H25N3O3.ClH/c1-13(15-6-4-9-18-12-15)11-17(21)19-10-8-14-5-2-3-7-16(14)20(22)23;/h2-3,5,7,13,15,18H,4,6,8-12H2,1H3,(H,19,21);1H. The Morgan fingerprint density at radius 1 is 1.46 bits per heavy atom. The lowest BCUT2D eigenvalue weighted by Crippen LogP contribution is -2.36. The van der Waals surface area contributed by atoms with Crippen LogP contribution < -0.4 is 10.6 Å². The van der Waals surface area contributed by atoms with Crippen molar-refractivity contribution in [1.29, 1.82) is 0 Å². The number of hydrogen-bond acceptors (Lipinski definition) is 4. The predicted molar refractivity (Wildman–Crippen MR) is 96.4 cm³/mol. The van der Waals surface area contributed by atoms with Crippen LogP contribution >= 0.6 is 12.4 Å². The molecule has 24 heavy (non-hydrogen) atoms. The Balaban J connectivity index is 0.00000288. The van der Waals surface area contributed by atoms with Gasteiger partial charge in [-0.1, -0.05) is 25.1 Å². The molecule has 1 aliphatic rings. The minimum Gasteiger partial charge on any atom is -0.356 e. The Morgan fingerprint density at radius 2 is 2.21 bits per heavy atom. The lowest BCUT2D eigenvalue weighted by atomic mass is 9.85. The van der Waals surface area contributed by atoms with Crippen molar-refractivity contribution in [3.8, 4) is 0 Å². The molecule has 1 heterocycles. The van der Waals surface area contributed by atoms with E-state index in [0.29, 0.717) is 36.8 Å². The number of para-hydroxylation sites is 1. The van der Waals surface area contributed by atoms with Crippen molar-refractivity contribution in [3.63, 3.8) is 0 Å². The summed E-state index contributed by atoms with van der Waals surface area (Å²) < 4.78 is 0. The van der Waals surface area contributed by atoms with Crippen LogP contribution in [0.15, 0.2) is 24.3 Å². The number of piperidine rings is 1. The number of halogens is 1. The third-order valence-electron chi connectivity index (χ3n) is 4.55. The average Bonchev–Trinajstić information content (AvgIpc) is 2.56. The van der Waals surface area contributed by atoms with Crippen molar-refractivity contribution in [3.05, 3.63) is 39.9 Å². The number of nitrogens with zero attached hydrogens (tertiary/aromatic N) is 1. The van der Waals surface area contributed by atoms with Gasteiger partial charge in [0.25, 0.3) is 5.69 Å². The monoisotopic (exact) mass is 355 g/mol. The molecular weight excluding hydrogens is 330 g/mol. The second-order valence-corrected chi connectivity index (χ2v) is 6.27. The largest absolute Gasteiger partial charge is 0.356 e. The zero-order chi connectivity index (χ0) is 16.7. The molecule has 0 aromatic heterocycles. The van der Waals surface area contributed by atoms with E-state index in [0.717, 1.165) is 13.1 Å². The fraction of sp³-hybridized carbons (Fsp3) is 0.588. The number of rotatable bonds is 7. The summed E-state index contributed by atoms with van der Waals surface area (Å²) in [5.41, 5.74) is 0.769. The van der Waals surface area contributed by atoms with Gasteiger partial charge in [0.2, 0.25) is 5.91 Å². The molecule has 1 aromatic rings. The van der Waals surface area contributed by atoms with Crippen LogP contribution in [-0.4, -0.2) is 30.5 Å². The lowest BCUT2D eigenvalue weighted by Gasteiger charge is -2.28. The van der Waals surface area contributed by atoms with Crippen LogP contribution in [0.3, 0.4) is 0 Å². The molecule has 1 saturated heterocycles. The molecule has 2 unspecified atom stereocenters. The molecule has 2 atom stereocenters. The number of nitrogens with one attached hydrogen (secondary N) is 2. The van der Waals surface area contributed by atoms with E-state index in [1.54, 1.807) is 18.2 Å². The van der Waals surface area contributed by atoms with Gasteiger partial charge in [0.1, 0.15) is 0 Å². The van der Waals surface area contributed by atoms with Gasteiger partial charge in [0.15, 0.2) is 0 Å². The molecule has 7 heteroatoms. The van der Waals surface area contributed by atoms with Crippen LogP contribution in [0.2, 0.25) is 0 Å². The topological polar surface area (TPSA) is 84.3 Å². The minimum atomic E-state index is -0.380. The summed E-state index contributed by atoms with van der Waals surface area (Å²) >= 11 is 0. The second-order valence-electron chi connectivity index (χ2n) is 6.27. The van der Waals surface area contributed by atoms with E-state index in [-0.39, 0.29) is 28.9 Å². The van der Waals surface area contributed by atoms with Gasteiger partial charge in [-0.05, 0) is 44.2 Å². The van der Waals surface area contributed by atoms with Crippen molar-refractivity contribution < 1.29 is 9.72 Å². The maximum absolute atomic E-state index is 12.0. The minimum absolute atomic E-state index is 0. The average molecular weight is 356 g/mol. The summed E-state index contributed by atoms with van der Waals surface area (Å²) in [5, 5.41) is 17.2. The summed E-state index contributed by atoms with van der Waals surface area (Å²) in [4.78, 5) is 22.6. The van der Waals surface area contributed by atoms with Crippen LogP contribution in [0, 0.1) is 22.0 Å². The highest BCUT2D eigenvalue weighted by molar-refractivity contribution is 5.85. The third-order valence-corrected chi connectivity index (χ3v) is 4.55. The molecule has 1 amide bonds. The normalized spacial score (nSPS) is 18.3. The molecule has 2 rings (SSSR count). The highest BCUT2D eigenvalue weighted by Crippen LogP contribution is 2.22. The molecule has 1 aliphatic heterocycles. The predicted octanol–water partition coefficient (Wildman–Crippen LogP) is 2.70. The van der Waals surface area contributed by atoms with Gasteiger partial charge in [0, 0.05) is 24.6 Å². The number of nitro groups is 1. The number of nitro benzene ring substituents is 1. The van der Waals surface area contributed by atoms with Gasteiger partial charge in [-0.2, -0.15) is 0 Å². The van der Waals surface area contributed by atoms with Crippen LogP contribution in [-0.2, 0) is 11.2 Å². The Hall–Kier alpha value is -1.66. The van der Waals surface area contributed by atoms with E-state index in [1.165, 1.54) is 18.9 Å². The van der Waals surface area contributed by atoms with Gasteiger partial charge in [-0.15, -0.1) is 12.4 Å². The Labute approximate surface area is 149 Å². The third kappa shape index (κ3) is 6.09. The van der Waals surface area contributed by atoms with Crippen molar-refractivity contribution >= 4 is 24.0 Å². The second kappa shape index (κ2) is 10.3. The number of benzene rings is 1. The molecule has 1 aromatic carbocycles. The molecule has 0 saturated carbocycles. The van der Waals surface area contributed by atoms with Crippen molar-refractivity contribution in [2.75, 3.05) is 19.6 Å². The molecule has 0 bridgehead atoms. The number of carbonyl (C=O) groups excluding carboxylic acids is 1. The zero-order valence-corrected chi connectivity index (χ0v) is 14.8. The fourth-order valence-corrected chi connectivity index (χ4v) is 3.13. The van der Waals surface area contributed by atoms with Crippen molar-refractivity contribution in [2.45, 2.75) is 32.6 Å². The number of carbonyl (C=O) groups is 1. The van der Waals surface area contributed by atoms with E-state index in [2.05, 4.69) is 17.6 Å². The summed E-state index contributed by atoms with van der Waals surface area (Å²) in [6.07, 6.45) is 3.34. The molecule has 134 valence electrons. The lowest BCUT2D eigenvalue weighted by molar-refractivity contribution is -0.385. The molecule has 0 aliphatic carbocycles. The summed E-state index contributed by atoms with van der Waals surface area (Å²) in [6.45, 7) is 4.62. The van der Waals surface area contributed by atoms with E-state index < -0.39 is 0 Å². The van der Waals surface area contributed by atoms with Gasteiger partial charge >= 0.3 is 0 Å². The number of amides is 1. The van der Waals surface area contributed by atoms with Crippen molar-refractivity contribution in [1.82, 2.24) is 10.6 Å². The highest BCUT2D eigenvalue weighted by Gasteiger charge is 2.22. The maximum Gasteiger partial charge on any atom is 0.272 e. The van der Waals surface area contributed by atoms with Gasteiger partial charge in [0.05, 0.1) is 4.92 Å². The molecule has 1 fully saturated rings. The van der Waals surface area contributed by atoms with E-state index in [9.17, 15) is 14.9 Å². The first-order chi connectivity index (χ1) is 11.1. The van der Waals surface area contributed by atoms with Gasteiger partial charge in [-0.3, -0.25) is 14.9 Å². The quantitative estimate of drug-likeness (QED) is 0.581. The number of hydrogen-bond donors (Lipinski definition) is 2. The van der Waals surface area contributed by atoms with Crippen LogP contribution in [0.1, 0.15) is 31.7 Å². The van der Waals surface area contributed by atoms with Crippen LogP contribution in [0.25, 0.3) is 0 Å². The first-order valence-electron chi connectivity index (χ1n) is 8.27. The molecule has 0 radical (unpaired) electrons. The Bertz CT molecular complexity index is 548. The highest BCUT2D eigenvalue weighted by atomic mass is 35.5. The molecule has 2 N–H and O–H groups in total. The van der Waals surface area contributed by atoms with Crippen molar-refractivity contribution in [2.24, 2.45) is 11.8 Å². The first kappa shape index (κ1) is 20.4. The maximum atomic E-state index is 12.0. The zero-order valence-electron chi connectivity index (χ0n) is 14.0. The van der Waals surface area contributed by atoms with E-state index >= 15 is 0 Å². The molecule has 0 spiro atoms.